The van der Waals surface area contributed by atoms with E-state index in [2.05, 4.69) is 29.2 Å². The lowest BCUT2D eigenvalue weighted by Crippen LogP contribution is -2.20. The fraction of sp³-hybridized carbons (Fsp3) is 0.480. The average molecular weight is 395 g/mol. The van der Waals surface area contributed by atoms with Crippen molar-refractivity contribution < 1.29 is 9.53 Å². The first-order chi connectivity index (χ1) is 14.1. The molecule has 0 aromatic heterocycles. The van der Waals surface area contributed by atoms with Gasteiger partial charge in [0.05, 0.1) is 7.11 Å². The van der Waals surface area contributed by atoms with Crippen molar-refractivity contribution >= 4 is 5.91 Å². The molecule has 1 amide bonds. The zero-order valence-electron chi connectivity index (χ0n) is 17.6. The Balaban J connectivity index is 0.000000169. The zero-order chi connectivity index (χ0) is 20.5. The highest BCUT2D eigenvalue weighted by atomic mass is 16.5. The zero-order valence-corrected chi connectivity index (χ0v) is 17.6. The quantitative estimate of drug-likeness (QED) is 0.772. The van der Waals surface area contributed by atoms with Crippen LogP contribution < -0.4 is 10.5 Å². The van der Waals surface area contributed by atoms with Gasteiger partial charge in [-0.05, 0) is 92.9 Å². The molecule has 1 aliphatic carbocycles. The van der Waals surface area contributed by atoms with Gasteiger partial charge in [0, 0.05) is 6.42 Å². The van der Waals surface area contributed by atoms with Gasteiger partial charge < -0.3 is 15.4 Å². The van der Waals surface area contributed by atoms with Crippen molar-refractivity contribution in [1.29, 1.82) is 0 Å². The maximum absolute atomic E-state index is 10.7. The number of aryl methyl sites for hydroxylation is 1. The van der Waals surface area contributed by atoms with Gasteiger partial charge in [-0.2, -0.15) is 0 Å². The number of rotatable bonds is 7. The number of amides is 1. The SMILES string of the molecule is COc1ccc(CCCN2CCCC2)cc1.NC(=O)CC1Cc2ccccc2C1. The molecule has 0 saturated carbocycles. The smallest absolute Gasteiger partial charge is 0.217 e. The number of fused-ring (bicyclic) bond motifs is 1. The molecule has 1 saturated heterocycles. The minimum atomic E-state index is -0.183. The average Bonchev–Trinajstić information content (AvgIpc) is 3.37. The molecule has 0 spiro atoms. The number of likely N-dealkylation sites (tertiary alicyclic amines) is 1. The molecule has 0 unspecified atom stereocenters. The van der Waals surface area contributed by atoms with Crippen LogP contribution >= 0.6 is 0 Å². The van der Waals surface area contributed by atoms with Crippen molar-refractivity contribution in [1.82, 2.24) is 4.90 Å². The number of ether oxygens (including phenoxy) is 1. The molecule has 0 radical (unpaired) electrons. The topological polar surface area (TPSA) is 55.6 Å². The summed E-state index contributed by atoms with van der Waals surface area (Å²) in [5, 5.41) is 0. The van der Waals surface area contributed by atoms with Crippen LogP contribution in [0.5, 0.6) is 5.75 Å². The third-order valence-electron chi connectivity index (χ3n) is 5.92. The normalized spacial score (nSPS) is 16.2. The van der Waals surface area contributed by atoms with Crippen molar-refractivity contribution in [2.45, 2.75) is 44.9 Å². The van der Waals surface area contributed by atoms with Gasteiger partial charge in [-0.15, -0.1) is 0 Å². The fourth-order valence-corrected chi connectivity index (χ4v) is 4.38. The second-order valence-electron chi connectivity index (χ2n) is 8.21. The lowest BCUT2D eigenvalue weighted by atomic mass is 10.0. The van der Waals surface area contributed by atoms with E-state index < -0.39 is 0 Å². The van der Waals surface area contributed by atoms with Gasteiger partial charge in [-0.1, -0.05) is 36.4 Å². The van der Waals surface area contributed by atoms with Crippen LogP contribution in [0.25, 0.3) is 0 Å². The molecular weight excluding hydrogens is 360 g/mol. The molecule has 2 aliphatic rings. The van der Waals surface area contributed by atoms with Crippen LogP contribution in [-0.2, 0) is 24.1 Å². The predicted molar refractivity (Wildman–Crippen MR) is 118 cm³/mol. The van der Waals surface area contributed by atoms with E-state index in [4.69, 9.17) is 10.5 Å². The Hall–Kier alpha value is -2.33. The number of carbonyl (C=O) groups is 1. The van der Waals surface area contributed by atoms with Gasteiger partial charge in [0.1, 0.15) is 5.75 Å². The van der Waals surface area contributed by atoms with Crippen molar-refractivity contribution in [3.8, 4) is 5.75 Å². The Kier molecular flexibility index (Phi) is 8.12. The predicted octanol–water partition coefficient (Wildman–Crippen LogP) is 4.00. The maximum Gasteiger partial charge on any atom is 0.217 e. The molecule has 0 bridgehead atoms. The molecule has 29 heavy (non-hydrogen) atoms. The summed E-state index contributed by atoms with van der Waals surface area (Å²) >= 11 is 0. The molecule has 4 rings (SSSR count). The van der Waals surface area contributed by atoms with Gasteiger partial charge >= 0.3 is 0 Å². The van der Waals surface area contributed by atoms with E-state index in [-0.39, 0.29) is 5.91 Å². The third kappa shape index (κ3) is 6.90. The molecule has 4 nitrogen and oxygen atoms in total. The molecule has 1 fully saturated rings. The molecule has 4 heteroatoms. The van der Waals surface area contributed by atoms with Crippen LogP contribution in [0.4, 0.5) is 0 Å². The van der Waals surface area contributed by atoms with Gasteiger partial charge in [0.2, 0.25) is 5.91 Å². The molecule has 0 atom stereocenters. The highest BCUT2D eigenvalue weighted by Crippen LogP contribution is 2.28. The monoisotopic (exact) mass is 394 g/mol. The summed E-state index contributed by atoms with van der Waals surface area (Å²) < 4.78 is 5.15. The fourth-order valence-electron chi connectivity index (χ4n) is 4.38. The van der Waals surface area contributed by atoms with E-state index in [0.717, 1.165) is 18.6 Å². The molecule has 156 valence electrons. The van der Waals surface area contributed by atoms with E-state index in [1.807, 2.05) is 24.3 Å². The number of nitrogens with zero attached hydrogens (tertiary/aromatic N) is 1. The van der Waals surface area contributed by atoms with Crippen molar-refractivity contribution in [2.75, 3.05) is 26.7 Å². The lowest BCUT2D eigenvalue weighted by molar-refractivity contribution is -0.118. The van der Waals surface area contributed by atoms with Crippen molar-refractivity contribution in [3.05, 3.63) is 65.2 Å². The molecule has 1 heterocycles. The Morgan fingerprint density at radius 2 is 1.66 bits per heavy atom. The van der Waals surface area contributed by atoms with E-state index in [0.29, 0.717) is 12.3 Å². The Morgan fingerprint density at radius 3 is 2.21 bits per heavy atom. The van der Waals surface area contributed by atoms with E-state index in [1.54, 1.807) is 7.11 Å². The first-order valence-electron chi connectivity index (χ1n) is 10.8. The van der Waals surface area contributed by atoms with Crippen LogP contribution in [0.1, 0.15) is 42.4 Å². The third-order valence-corrected chi connectivity index (χ3v) is 5.92. The number of nitrogens with two attached hydrogens (primary N) is 1. The first-order valence-corrected chi connectivity index (χ1v) is 10.8. The second-order valence-corrected chi connectivity index (χ2v) is 8.21. The minimum Gasteiger partial charge on any atom is -0.497 e. The molecule has 1 aliphatic heterocycles. The number of carbonyl (C=O) groups excluding carboxylic acids is 1. The van der Waals surface area contributed by atoms with Crippen LogP contribution in [0.2, 0.25) is 0 Å². The van der Waals surface area contributed by atoms with Crippen molar-refractivity contribution in [2.24, 2.45) is 11.7 Å². The van der Waals surface area contributed by atoms with Crippen molar-refractivity contribution in [3.63, 3.8) is 0 Å². The Labute approximate surface area is 175 Å². The molecule has 2 N–H and O–H groups in total. The first kappa shape index (κ1) is 21.4. The second kappa shape index (κ2) is 11.0. The largest absolute Gasteiger partial charge is 0.497 e. The van der Waals surface area contributed by atoms with Gasteiger partial charge in [0.15, 0.2) is 0 Å². The standard InChI is InChI=1S/C14H21NO.C11H13NO/c1-16-14-8-6-13(7-9-14)5-4-12-15-10-2-3-11-15;12-11(13)7-8-5-9-3-1-2-4-10(9)6-8/h6-9H,2-5,10-12H2,1H3;1-4,8H,5-7H2,(H2,12,13). The summed E-state index contributed by atoms with van der Waals surface area (Å²) in [5.74, 6) is 1.20. The van der Waals surface area contributed by atoms with E-state index >= 15 is 0 Å². The number of primary amides is 1. The van der Waals surface area contributed by atoms with E-state index in [1.165, 1.54) is 62.0 Å². The summed E-state index contributed by atoms with van der Waals surface area (Å²) in [4.78, 5) is 13.3. The molecular formula is C25H34N2O2. The summed E-state index contributed by atoms with van der Waals surface area (Å²) in [5.41, 5.74) is 9.35. The molecule has 2 aromatic carbocycles. The summed E-state index contributed by atoms with van der Waals surface area (Å²) in [6, 6.07) is 16.8. The van der Waals surface area contributed by atoms with Gasteiger partial charge in [0.25, 0.3) is 0 Å². The lowest BCUT2D eigenvalue weighted by Gasteiger charge is -2.13. The maximum atomic E-state index is 10.7. The number of hydrogen-bond acceptors (Lipinski definition) is 3. The van der Waals surface area contributed by atoms with Crippen LogP contribution in [0.3, 0.4) is 0 Å². The number of methoxy groups -OCH3 is 1. The molecule has 2 aromatic rings. The minimum absolute atomic E-state index is 0.183. The van der Waals surface area contributed by atoms with Crippen LogP contribution in [0.15, 0.2) is 48.5 Å². The van der Waals surface area contributed by atoms with E-state index in [9.17, 15) is 4.79 Å². The van der Waals surface area contributed by atoms with Crippen LogP contribution in [0, 0.1) is 5.92 Å². The number of hydrogen-bond donors (Lipinski definition) is 1. The highest BCUT2D eigenvalue weighted by Gasteiger charge is 2.21. The Morgan fingerprint density at radius 1 is 1.03 bits per heavy atom. The summed E-state index contributed by atoms with van der Waals surface area (Å²) in [6.07, 6.45) is 7.78. The van der Waals surface area contributed by atoms with Crippen LogP contribution in [-0.4, -0.2) is 37.6 Å². The van der Waals surface area contributed by atoms with Gasteiger partial charge in [-0.25, -0.2) is 0 Å². The highest BCUT2D eigenvalue weighted by molar-refractivity contribution is 5.74. The van der Waals surface area contributed by atoms with Gasteiger partial charge in [-0.3, -0.25) is 4.79 Å². The number of benzene rings is 2. The summed E-state index contributed by atoms with van der Waals surface area (Å²) in [7, 11) is 1.71. The summed E-state index contributed by atoms with van der Waals surface area (Å²) in [6.45, 7) is 3.87. The Bertz CT molecular complexity index is 742.